The van der Waals surface area contributed by atoms with Crippen LogP contribution in [-0.4, -0.2) is 17.6 Å². The predicted molar refractivity (Wildman–Crippen MR) is 44.4 cm³/mol. The van der Waals surface area contributed by atoms with Crippen LogP contribution < -0.4 is 5.32 Å². The van der Waals surface area contributed by atoms with Crippen LogP contribution in [-0.2, 0) is 0 Å². The molecule has 0 radical (unpaired) electrons. The Morgan fingerprint density at radius 1 is 1.55 bits per heavy atom. The summed E-state index contributed by atoms with van der Waals surface area (Å²) in [6.45, 7) is 3.28. The summed E-state index contributed by atoms with van der Waals surface area (Å²) in [5, 5.41) is 3.32. The highest BCUT2D eigenvalue weighted by Crippen LogP contribution is 2.22. The third-order valence-electron chi connectivity index (χ3n) is 2.33. The van der Waals surface area contributed by atoms with Gasteiger partial charge in [0, 0.05) is 30.4 Å². The van der Waals surface area contributed by atoms with E-state index in [1.165, 1.54) is 5.69 Å². The summed E-state index contributed by atoms with van der Waals surface area (Å²) in [6.07, 6.45) is 1.86. The number of nitrogens with one attached hydrogen (secondary N) is 1. The predicted octanol–water partition coefficient (Wildman–Crippen LogP) is 1.16. The minimum absolute atomic E-state index is 0.602. The van der Waals surface area contributed by atoms with Gasteiger partial charge in [0.15, 0.2) is 0 Å². The Morgan fingerprint density at radius 3 is 2.91 bits per heavy atom. The molecule has 2 rings (SSSR count). The van der Waals surface area contributed by atoms with Crippen molar-refractivity contribution in [3.8, 4) is 0 Å². The van der Waals surface area contributed by atoms with Crippen molar-refractivity contribution in [3.05, 3.63) is 30.1 Å². The molecule has 2 heteroatoms. The zero-order chi connectivity index (χ0) is 7.68. The normalized spacial score (nSPS) is 29.5. The van der Waals surface area contributed by atoms with Crippen LogP contribution in [0.15, 0.2) is 24.4 Å². The van der Waals surface area contributed by atoms with Gasteiger partial charge in [-0.25, -0.2) is 0 Å². The van der Waals surface area contributed by atoms with E-state index >= 15 is 0 Å². The lowest BCUT2D eigenvalue weighted by atomic mass is 9.90. The van der Waals surface area contributed by atoms with E-state index in [0.717, 1.165) is 6.54 Å². The largest absolute Gasteiger partial charge is 0.313 e. The van der Waals surface area contributed by atoms with E-state index in [0.29, 0.717) is 12.0 Å². The Kier molecular flexibility index (Phi) is 1.62. The van der Waals surface area contributed by atoms with Crippen molar-refractivity contribution >= 4 is 0 Å². The maximum Gasteiger partial charge on any atom is 0.0462 e. The molecule has 1 aromatic heterocycles. The lowest BCUT2D eigenvalue weighted by molar-refractivity contribution is 0.328. The third kappa shape index (κ3) is 1.14. The van der Waals surface area contributed by atoms with E-state index in [1.807, 2.05) is 18.3 Å². The molecule has 2 atom stereocenters. The standard InChI is InChI=1S/C9H12N2/c1-7-8(6-11-7)9-4-2-3-5-10-9/h2-5,7-8,11H,6H2,1H3. The van der Waals surface area contributed by atoms with Crippen LogP contribution in [0.1, 0.15) is 18.5 Å². The van der Waals surface area contributed by atoms with Gasteiger partial charge in [-0.1, -0.05) is 6.07 Å². The van der Waals surface area contributed by atoms with Crippen LogP contribution in [0.2, 0.25) is 0 Å². The Hall–Kier alpha value is -0.890. The quantitative estimate of drug-likeness (QED) is 0.646. The van der Waals surface area contributed by atoms with E-state index in [1.54, 1.807) is 0 Å². The molecule has 11 heavy (non-hydrogen) atoms. The summed E-state index contributed by atoms with van der Waals surface area (Å²) in [5.74, 6) is 0.635. The first-order chi connectivity index (χ1) is 5.38. The van der Waals surface area contributed by atoms with E-state index in [4.69, 9.17) is 0 Å². The molecular weight excluding hydrogens is 136 g/mol. The van der Waals surface area contributed by atoms with Gasteiger partial charge in [-0.15, -0.1) is 0 Å². The first-order valence-electron chi connectivity index (χ1n) is 4.02. The molecule has 0 spiro atoms. The van der Waals surface area contributed by atoms with Crippen molar-refractivity contribution in [2.45, 2.75) is 18.9 Å². The lowest BCUT2D eigenvalue weighted by Crippen LogP contribution is -2.49. The molecule has 0 aromatic carbocycles. The second-order valence-corrected chi connectivity index (χ2v) is 3.06. The van der Waals surface area contributed by atoms with Crippen LogP contribution in [0, 0.1) is 0 Å². The highest BCUT2D eigenvalue weighted by Gasteiger charge is 2.27. The molecule has 1 saturated heterocycles. The maximum absolute atomic E-state index is 4.31. The molecule has 0 bridgehead atoms. The molecule has 2 unspecified atom stereocenters. The first-order valence-corrected chi connectivity index (χ1v) is 4.02. The molecule has 1 aromatic rings. The van der Waals surface area contributed by atoms with E-state index in [-0.39, 0.29) is 0 Å². The summed E-state index contributed by atoms with van der Waals surface area (Å²) < 4.78 is 0. The van der Waals surface area contributed by atoms with E-state index in [9.17, 15) is 0 Å². The third-order valence-corrected chi connectivity index (χ3v) is 2.33. The molecule has 1 aliphatic heterocycles. The van der Waals surface area contributed by atoms with Gasteiger partial charge in [0.1, 0.15) is 0 Å². The summed E-state index contributed by atoms with van der Waals surface area (Å²) >= 11 is 0. The van der Waals surface area contributed by atoms with Crippen molar-refractivity contribution in [1.29, 1.82) is 0 Å². The van der Waals surface area contributed by atoms with Gasteiger partial charge < -0.3 is 5.32 Å². The zero-order valence-electron chi connectivity index (χ0n) is 6.62. The van der Waals surface area contributed by atoms with E-state index < -0.39 is 0 Å². The van der Waals surface area contributed by atoms with Crippen LogP contribution in [0.4, 0.5) is 0 Å². The summed E-state index contributed by atoms with van der Waals surface area (Å²) in [6, 6.07) is 6.71. The van der Waals surface area contributed by atoms with Crippen molar-refractivity contribution in [2.24, 2.45) is 0 Å². The fraction of sp³-hybridized carbons (Fsp3) is 0.444. The van der Waals surface area contributed by atoms with Crippen molar-refractivity contribution in [3.63, 3.8) is 0 Å². The van der Waals surface area contributed by atoms with Crippen LogP contribution in [0.3, 0.4) is 0 Å². The smallest absolute Gasteiger partial charge is 0.0462 e. The molecular formula is C9H12N2. The van der Waals surface area contributed by atoms with Crippen LogP contribution in [0.25, 0.3) is 0 Å². The SMILES string of the molecule is CC1NCC1c1ccccn1. The molecule has 0 saturated carbocycles. The zero-order valence-corrected chi connectivity index (χ0v) is 6.62. The average Bonchev–Trinajstić information content (AvgIpc) is 2.04. The second-order valence-electron chi connectivity index (χ2n) is 3.06. The topological polar surface area (TPSA) is 24.9 Å². The highest BCUT2D eigenvalue weighted by molar-refractivity contribution is 5.15. The molecule has 0 amide bonds. The summed E-state index contributed by atoms with van der Waals surface area (Å²) in [4.78, 5) is 4.31. The second kappa shape index (κ2) is 2.62. The monoisotopic (exact) mass is 148 g/mol. The lowest BCUT2D eigenvalue weighted by Gasteiger charge is -2.34. The van der Waals surface area contributed by atoms with Gasteiger partial charge in [0.05, 0.1) is 0 Å². The molecule has 1 aliphatic rings. The maximum atomic E-state index is 4.31. The number of hydrogen-bond donors (Lipinski definition) is 1. The van der Waals surface area contributed by atoms with Crippen LogP contribution >= 0.6 is 0 Å². The van der Waals surface area contributed by atoms with Crippen molar-refractivity contribution < 1.29 is 0 Å². The number of pyridine rings is 1. The van der Waals surface area contributed by atoms with Gasteiger partial charge >= 0.3 is 0 Å². The first kappa shape index (κ1) is 6.80. The molecule has 58 valence electrons. The van der Waals surface area contributed by atoms with Gasteiger partial charge in [0.2, 0.25) is 0 Å². The van der Waals surface area contributed by atoms with Crippen molar-refractivity contribution in [2.75, 3.05) is 6.54 Å². The number of hydrogen-bond acceptors (Lipinski definition) is 2. The molecule has 2 nitrogen and oxygen atoms in total. The summed E-state index contributed by atoms with van der Waals surface area (Å²) in [7, 11) is 0. The number of rotatable bonds is 1. The Labute approximate surface area is 66.7 Å². The van der Waals surface area contributed by atoms with Gasteiger partial charge in [0.25, 0.3) is 0 Å². The van der Waals surface area contributed by atoms with Crippen molar-refractivity contribution in [1.82, 2.24) is 10.3 Å². The Morgan fingerprint density at radius 2 is 2.45 bits per heavy atom. The molecule has 1 fully saturated rings. The fourth-order valence-corrected chi connectivity index (χ4v) is 1.43. The Bertz CT molecular complexity index is 233. The minimum atomic E-state index is 0.602. The molecule has 0 aliphatic carbocycles. The minimum Gasteiger partial charge on any atom is -0.313 e. The summed E-state index contributed by atoms with van der Waals surface area (Å²) in [5.41, 5.74) is 1.22. The van der Waals surface area contributed by atoms with Gasteiger partial charge in [-0.3, -0.25) is 4.98 Å². The average molecular weight is 148 g/mol. The number of aromatic nitrogens is 1. The number of nitrogens with zero attached hydrogens (tertiary/aromatic N) is 1. The van der Waals surface area contributed by atoms with Crippen LogP contribution in [0.5, 0.6) is 0 Å². The highest BCUT2D eigenvalue weighted by atomic mass is 15.0. The van der Waals surface area contributed by atoms with Gasteiger partial charge in [-0.2, -0.15) is 0 Å². The molecule has 1 N–H and O–H groups in total. The molecule has 2 heterocycles. The fourth-order valence-electron chi connectivity index (χ4n) is 1.43. The Balaban J connectivity index is 2.17. The van der Waals surface area contributed by atoms with Gasteiger partial charge in [-0.05, 0) is 19.1 Å². The van der Waals surface area contributed by atoms with E-state index in [2.05, 4.69) is 23.3 Å².